The number of carbonyl (C=O) groups excluding carboxylic acids is 1. The van der Waals surface area contributed by atoms with E-state index in [-0.39, 0.29) is 17.4 Å². The molecule has 0 saturated heterocycles. The Hall–Kier alpha value is -1.51. The Morgan fingerprint density at radius 1 is 1.29 bits per heavy atom. The molecule has 0 aliphatic heterocycles. The molecule has 1 N–H and O–H groups in total. The molecule has 0 aromatic heterocycles. The van der Waals surface area contributed by atoms with Crippen molar-refractivity contribution in [2.24, 2.45) is 0 Å². The molecule has 1 aliphatic carbocycles. The number of ether oxygens (including phenoxy) is 1. The number of carbonyl (C=O) groups is 1. The van der Waals surface area contributed by atoms with E-state index in [1.807, 2.05) is 38.1 Å². The van der Waals surface area contributed by atoms with E-state index in [1.54, 1.807) is 7.11 Å². The van der Waals surface area contributed by atoms with Gasteiger partial charge in [-0.25, -0.2) is 0 Å². The Morgan fingerprint density at radius 3 is 2.29 bits per heavy atom. The van der Waals surface area contributed by atoms with Crippen LogP contribution in [0.25, 0.3) is 0 Å². The van der Waals surface area contributed by atoms with E-state index in [1.165, 1.54) is 0 Å². The maximum Gasteiger partial charge on any atom is 0.230 e. The minimum atomic E-state index is -0.281. The Bertz CT molecular complexity index is 405. The van der Waals surface area contributed by atoms with E-state index < -0.39 is 0 Å². The van der Waals surface area contributed by atoms with Crippen LogP contribution >= 0.6 is 0 Å². The van der Waals surface area contributed by atoms with Crippen LogP contribution < -0.4 is 10.1 Å². The van der Waals surface area contributed by atoms with Crippen LogP contribution in [0.2, 0.25) is 0 Å². The molecular formula is C14H19NO2. The summed E-state index contributed by atoms with van der Waals surface area (Å²) in [6, 6.07) is 8.01. The summed E-state index contributed by atoms with van der Waals surface area (Å²) in [5.74, 6) is 0.978. The van der Waals surface area contributed by atoms with Gasteiger partial charge in [0.25, 0.3) is 0 Å². The van der Waals surface area contributed by atoms with E-state index in [0.29, 0.717) is 0 Å². The van der Waals surface area contributed by atoms with Gasteiger partial charge >= 0.3 is 0 Å². The van der Waals surface area contributed by atoms with Gasteiger partial charge in [-0.05, 0) is 44.4 Å². The molecule has 0 heterocycles. The van der Waals surface area contributed by atoms with Crippen molar-refractivity contribution >= 4 is 5.91 Å². The first-order valence-corrected chi connectivity index (χ1v) is 6.04. The van der Waals surface area contributed by atoms with E-state index in [9.17, 15) is 4.79 Å². The van der Waals surface area contributed by atoms with Gasteiger partial charge in [0.05, 0.1) is 12.5 Å². The van der Waals surface area contributed by atoms with Gasteiger partial charge in [0.1, 0.15) is 5.75 Å². The van der Waals surface area contributed by atoms with Gasteiger partial charge < -0.3 is 10.1 Å². The first kappa shape index (κ1) is 12.0. The molecule has 92 valence electrons. The summed E-state index contributed by atoms with van der Waals surface area (Å²) in [6.07, 6.45) is 1.88. The molecule has 3 heteroatoms. The summed E-state index contributed by atoms with van der Waals surface area (Å²) in [5.41, 5.74) is 0.813. The van der Waals surface area contributed by atoms with E-state index >= 15 is 0 Å². The molecule has 1 aromatic carbocycles. The van der Waals surface area contributed by atoms with Gasteiger partial charge in [0.2, 0.25) is 5.91 Å². The highest BCUT2D eigenvalue weighted by atomic mass is 16.5. The topological polar surface area (TPSA) is 38.3 Å². The summed E-state index contributed by atoms with van der Waals surface area (Å²) in [4.78, 5) is 12.2. The fourth-order valence-electron chi connectivity index (χ4n) is 2.08. The summed E-state index contributed by atoms with van der Waals surface area (Å²) in [6.45, 7) is 3.98. The molecular weight excluding hydrogens is 214 g/mol. The van der Waals surface area contributed by atoms with E-state index in [0.717, 1.165) is 24.2 Å². The smallest absolute Gasteiger partial charge is 0.230 e. The van der Waals surface area contributed by atoms with Crippen LogP contribution in [-0.2, 0) is 10.2 Å². The lowest BCUT2D eigenvalue weighted by atomic mass is 9.94. The monoisotopic (exact) mass is 233 g/mol. The SMILES string of the molecule is COc1ccc(C2(C(=O)NC(C)C)CC2)cc1. The van der Waals surface area contributed by atoms with E-state index in [4.69, 9.17) is 4.74 Å². The zero-order valence-corrected chi connectivity index (χ0v) is 10.6. The fraction of sp³-hybridized carbons (Fsp3) is 0.500. The van der Waals surface area contributed by atoms with E-state index in [2.05, 4.69) is 5.32 Å². The largest absolute Gasteiger partial charge is 0.497 e. The Labute approximate surface area is 102 Å². The van der Waals surface area contributed by atoms with Crippen LogP contribution in [0.4, 0.5) is 0 Å². The van der Waals surface area contributed by atoms with Gasteiger partial charge in [-0.1, -0.05) is 12.1 Å². The van der Waals surface area contributed by atoms with Crippen LogP contribution in [-0.4, -0.2) is 19.1 Å². The molecule has 1 amide bonds. The molecule has 0 radical (unpaired) electrons. The Balaban J connectivity index is 2.17. The second kappa shape index (κ2) is 4.40. The quantitative estimate of drug-likeness (QED) is 0.866. The third-order valence-electron chi connectivity index (χ3n) is 3.25. The van der Waals surface area contributed by atoms with Gasteiger partial charge in [0, 0.05) is 6.04 Å². The zero-order chi connectivity index (χ0) is 12.5. The zero-order valence-electron chi connectivity index (χ0n) is 10.6. The van der Waals surface area contributed by atoms with Crippen LogP contribution in [0.15, 0.2) is 24.3 Å². The molecule has 1 saturated carbocycles. The summed E-state index contributed by atoms with van der Waals surface area (Å²) in [7, 11) is 1.65. The second-order valence-corrected chi connectivity index (χ2v) is 4.94. The lowest BCUT2D eigenvalue weighted by Gasteiger charge is -2.18. The van der Waals surface area contributed by atoms with Crippen molar-refractivity contribution in [2.45, 2.75) is 38.1 Å². The van der Waals surface area contributed by atoms with Gasteiger partial charge in [-0.2, -0.15) is 0 Å². The Morgan fingerprint density at radius 2 is 1.88 bits per heavy atom. The lowest BCUT2D eigenvalue weighted by Crippen LogP contribution is -2.38. The maximum atomic E-state index is 12.2. The number of nitrogens with one attached hydrogen (secondary N) is 1. The molecule has 3 nitrogen and oxygen atoms in total. The standard InChI is InChI=1S/C14H19NO2/c1-10(2)15-13(16)14(8-9-14)11-4-6-12(17-3)7-5-11/h4-7,10H,8-9H2,1-3H3,(H,15,16). The third-order valence-corrected chi connectivity index (χ3v) is 3.25. The van der Waals surface area contributed by atoms with Crippen LogP contribution in [0.3, 0.4) is 0 Å². The average molecular weight is 233 g/mol. The second-order valence-electron chi connectivity index (χ2n) is 4.94. The minimum Gasteiger partial charge on any atom is -0.497 e. The molecule has 2 rings (SSSR count). The maximum absolute atomic E-state index is 12.2. The molecule has 0 spiro atoms. The van der Waals surface area contributed by atoms with Gasteiger partial charge in [0.15, 0.2) is 0 Å². The average Bonchev–Trinajstić information content (AvgIpc) is 3.09. The molecule has 1 aliphatic rings. The molecule has 1 fully saturated rings. The Kier molecular flexibility index (Phi) is 3.09. The first-order chi connectivity index (χ1) is 8.08. The summed E-state index contributed by atoms with van der Waals surface area (Å²) >= 11 is 0. The third kappa shape index (κ3) is 2.28. The van der Waals surface area contributed by atoms with Crippen molar-refractivity contribution in [3.05, 3.63) is 29.8 Å². The normalized spacial score (nSPS) is 16.7. The van der Waals surface area contributed by atoms with Gasteiger partial charge in [-0.3, -0.25) is 4.79 Å². The molecule has 1 aromatic rings. The molecule has 0 bridgehead atoms. The predicted molar refractivity (Wildman–Crippen MR) is 67.2 cm³/mol. The van der Waals surface area contributed by atoms with Crippen molar-refractivity contribution in [1.82, 2.24) is 5.32 Å². The summed E-state index contributed by atoms with van der Waals surface area (Å²) in [5, 5.41) is 3.00. The van der Waals surface area contributed by atoms with Gasteiger partial charge in [-0.15, -0.1) is 0 Å². The van der Waals surface area contributed by atoms with Crippen molar-refractivity contribution in [1.29, 1.82) is 0 Å². The van der Waals surface area contributed by atoms with Crippen molar-refractivity contribution in [3.63, 3.8) is 0 Å². The molecule has 17 heavy (non-hydrogen) atoms. The number of rotatable bonds is 4. The van der Waals surface area contributed by atoms with Crippen molar-refractivity contribution in [3.8, 4) is 5.75 Å². The minimum absolute atomic E-state index is 0.151. The highest BCUT2D eigenvalue weighted by Gasteiger charge is 2.51. The molecule has 0 atom stereocenters. The van der Waals surface area contributed by atoms with Crippen LogP contribution in [0, 0.1) is 0 Å². The predicted octanol–water partition coefficient (Wildman–Crippen LogP) is 2.25. The highest BCUT2D eigenvalue weighted by molar-refractivity contribution is 5.91. The number of hydrogen-bond acceptors (Lipinski definition) is 2. The van der Waals surface area contributed by atoms with Crippen LogP contribution in [0.1, 0.15) is 32.3 Å². The fourth-order valence-corrected chi connectivity index (χ4v) is 2.08. The number of amides is 1. The van der Waals surface area contributed by atoms with Crippen LogP contribution in [0.5, 0.6) is 5.75 Å². The first-order valence-electron chi connectivity index (χ1n) is 6.04. The van der Waals surface area contributed by atoms with Crippen molar-refractivity contribution in [2.75, 3.05) is 7.11 Å². The highest BCUT2D eigenvalue weighted by Crippen LogP contribution is 2.48. The number of hydrogen-bond donors (Lipinski definition) is 1. The molecule has 0 unspecified atom stereocenters. The lowest BCUT2D eigenvalue weighted by molar-refractivity contribution is -0.124. The summed E-state index contributed by atoms with van der Waals surface area (Å²) < 4.78 is 5.13. The number of methoxy groups -OCH3 is 1. The van der Waals surface area contributed by atoms with Crippen molar-refractivity contribution < 1.29 is 9.53 Å². The number of benzene rings is 1.